The maximum atomic E-state index is 11.8. The third-order valence-corrected chi connectivity index (χ3v) is 4.53. The van der Waals surface area contributed by atoms with Crippen molar-refractivity contribution < 1.29 is 14.6 Å². The number of carboxylic acid groups (broad SMARTS) is 1. The Morgan fingerprint density at radius 1 is 1.00 bits per heavy atom. The van der Waals surface area contributed by atoms with Crippen LogP contribution in [0.4, 0.5) is 0 Å². The van der Waals surface area contributed by atoms with Crippen molar-refractivity contribution in [3.05, 3.63) is 78.0 Å². The highest BCUT2D eigenvalue weighted by Crippen LogP contribution is 2.31. The highest BCUT2D eigenvalue weighted by Gasteiger charge is 2.18. The fourth-order valence-electron chi connectivity index (χ4n) is 3.40. The molecule has 0 radical (unpaired) electrons. The van der Waals surface area contributed by atoms with Crippen LogP contribution in [0.3, 0.4) is 0 Å². The van der Waals surface area contributed by atoms with Gasteiger partial charge >= 0.3 is 5.97 Å². The van der Waals surface area contributed by atoms with Gasteiger partial charge in [0.1, 0.15) is 11.4 Å². The molecule has 124 valence electrons. The summed E-state index contributed by atoms with van der Waals surface area (Å²) in [6, 6.07) is 21.6. The fraction of sp³-hybridized carbons (Fsp3) is 0.0952. The van der Waals surface area contributed by atoms with E-state index in [0.29, 0.717) is 12.3 Å². The molecule has 1 aromatic heterocycles. The van der Waals surface area contributed by atoms with Gasteiger partial charge in [-0.25, -0.2) is 4.79 Å². The summed E-state index contributed by atoms with van der Waals surface area (Å²) in [4.78, 5) is 11.8. The maximum absolute atomic E-state index is 11.8. The molecule has 0 atom stereocenters. The van der Waals surface area contributed by atoms with Crippen molar-refractivity contribution in [2.45, 2.75) is 6.54 Å². The van der Waals surface area contributed by atoms with Gasteiger partial charge in [-0.2, -0.15) is 0 Å². The quantitative estimate of drug-likeness (QED) is 0.597. The highest BCUT2D eigenvalue weighted by atomic mass is 16.5. The summed E-state index contributed by atoms with van der Waals surface area (Å²) in [6.07, 6.45) is 0. The number of carbonyl (C=O) groups is 1. The molecule has 1 heterocycles. The van der Waals surface area contributed by atoms with E-state index in [2.05, 4.69) is 18.2 Å². The second kappa shape index (κ2) is 5.98. The van der Waals surface area contributed by atoms with Crippen LogP contribution in [-0.2, 0) is 6.54 Å². The topological polar surface area (TPSA) is 51.5 Å². The highest BCUT2D eigenvalue weighted by molar-refractivity contribution is 5.97. The smallest absolute Gasteiger partial charge is 0.352 e. The number of benzene rings is 3. The number of methoxy groups -OCH3 is 1. The van der Waals surface area contributed by atoms with E-state index in [1.165, 1.54) is 0 Å². The molecule has 4 rings (SSSR count). The number of aromatic nitrogens is 1. The molecule has 4 heteroatoms. The number of carboxylic acids is 1. The van der Waals surface area contributed by atoms with E-state index in [4.69, 9.17) is 4.74 Å². The summed E-state index contributed by atoms with van der Waals surface area (Å²) < 4.78 is 7.29. The summed E-state index contributed by atoms with van der Waals surface area (Å²) in [7, 11) is 1.60. The van der Waals surface area contributed by atoms with Crippen LogP contribution in [0.15, 0.2) is 66.7 Å². The summed E-state index contributed by atoms with van der Waals surface area (Å²) in [5.74, 6) is -0.274. The zero-order valence-corrected chi connectivity index (χ0v) is 13.8. The molecule has 0 aliphatic rings. The van der Waals surface area contributed by atoms with Crippen molar-refractivity contribution in [3.8, 4) is 5.75 Å². The second-order valence-corrected chi connectivity index (χ2v) is 5.96. The molecule has 0 aliphatic heterocycles. The van der Waals surface area contributed by atoms with Gasteiger partial charge in [0.2, 0.25) is 0 Å². The van der Waals surface area contributed by atoms with E-state index >= 15 is 0 Å². The Morgan fingerprint density at radius 2 is 1.72 bits per heavy atom. The number of nitrogens with zero attached hydrogens (tertiary/aromatic N) is 1. The van der Waals surface area contributed by atoms with Crippen molar-refractivity contribution in [3.63, 3.8) is 0 Å². The maximum Gasteiger partial charge on any atom is 0.352 e. The van der Waals surface area contributed by atoms with E-state index in [1.54, 1.807) is 13.2 Å². The minimum Gasteiger partial charge on any atom is -0.495 e. The number of fused-ring (bicyclic) bond motifs is 2. The van der Waals surface area contributed by atoms with E-state index in [-0.39, 0.29) is 5.69 Å². The molecule has 4 aromatic rings. The number of ether oxygens (including phenoxy) is 1. The van der Waals surface area contributed by atoms with Crippen LogP contribution in [0.1, 0.15) is 16.1 Å². The van der Waals surface area contributed by atoms with Gasteiger partial charge in [0.05, 0.1) is 12.6 Å². The molecule has 25 heavy (non-hydrogen) atoms. The van der Waals surface area contributed by atoms with Gasteiger partial charge in [0.15, 0.2) is 0 Å². The van der Waals surface area contributed by atoms with E-state index in [0.717, 1.165) is 27.2 Å². The monoisotopic (exact) mass is 331 g/mol. The first-order chi connectivity index (χ1) is 12.2. The SMILES string of the molecule is COc1cccc2cc(C(=O)O)n(Cc3cccc4ccccc34)c12. The zero-order chi connectivity index (χ0) is 17.4. The average molecular weight is 331 g/mol. The first kappa shape index (κ1) is 15.3. The Labute approximate surface area is 144 Å². The summed E-state index contributed by atoms with van der Waals surface area (Å²) >= 11 is 0. The number of hydrogen-bond acceptors (Lipinski definition) is 2. The molecule has 0 spiro atoms. The normalized spacial score (nSPS) is 11.1. The summed E-state index contributed by atoms with van der Waals surface area (Å²) in [6.45, 7) is 0.465. The lowest BCUT2D eigenvalue weighted by Gasteiger charge is -2.13. The van der Waals surface area contributed by atoms with Crippen molar-refractivity contribution in [2.75, 3.05) is 7.11 Å². The van der Waals surface area contributed by atoms with Crippen LogP contribution in [0.25, 0.3) is 21.7 Å². The van der Waals surface area contributed by atoms with Crippen molar-refractivity contribution in [1.29, 1.82) is 0 Å². The molecule has 4 nitrogen and oxygen atoms in total. The molecule has 0 amide bonds. The van der Waals surface area contributed by atoms with Crippen LogP contribution in [0, 0.1) is 0 Å². The number of aromatic carboxylic acids is 1. The van der Waals surface area contributed by atoms with Gasteiger partial charge in [-0.15, -0.1) is 0 Å². The Balaban J connectivity index is 1.96. The molecule has 3 aromatic carbocycles. The molecule has 0 bridgehead atoms. The molecule has 0 saturated carbocycles. The second-order valence-electron chi connectivity index (χ2n) is 5.96. The first-order valence-electron chi connectivity index (χ1n) is 8.05. The predicted octanol–water partition coefficient (Wildman–Crippen LogP) is 4.55. The van der Waals surface area contributed by atoms with Crippen LogP contribution in [0.2, 0.25) is 0 Å². The third kappa shape index (κ3) is 2.52. The fourth-order valence-corrected chi connectivity index (χ4v) is 3.40. The Bertz CT molecular complexity index is 1090. The van der Waals surface area contributed by atoms with Gasteiger partial charge in [-0.05, 0) is 28.5 Å². The number of rotatable bonds is 4. The van der Waals surface area contributed by atoms with Gasteiger partial charge in [0, 0.05) is 11.9 Å². The number of para-hydroxylation sites is 1. The predicted molar refractivity (Wildman–Crippen MR) is 98.5 cm³/mol. The van der Waals surface area contributed by atoms with Crippen LogP contribution >= 0.6 is 0 Å². The van der Waals surface area contributed by atoms with E-state index in [1.807, 2.05) is 47.0 Å². The lowest BCUT2D eigenvalue weighted by atomic mass is 10.0. The van der Waals surface area contributed by atoms with Crippen molar-refractivity contribution >= 4 is 27.6 Å². The van der Waals surface area contributed by atoms with Crippen molar-refractivity contribution in [2.24, 2.45) is 0 Å². The van der Waals surface area contributed by atoms with Gasteiger partial charge in [-0.1, -0.05) is 54.6 Å². The van der Waals surface area contributed by atoms with Crippen LogP contribution in [-0.4, -0.2) is 22.8 Å². The molecule has 0 unspecified atom stereocenters. The van der Waals surface area contributed by atoms with E-state index in [9.17, 15) is 9.90 Å². The molecular formula is C21H17NO3. The molecule has 0 fully saturated rings. The Morgan fingerprint density at radius 3 is 2.52 bits per heavy atom. The average Bonchev–Trinajstić information content (AvgIpc) is 3.01. The van der Waals surface area contributed by atoms with Crippen LogP contribution in [0.5, 0.6) is 5.75 Å². The van der Waals surface area contributed by atoms with Crippen molar-refractivity contribution in [1.82, 2.24) is 4.57 Å². The van der Waals surface area contributed by atoms with Crippen LogP contribution < -0.4 is 4.74 Å². The first-order valence-corrected chi connectivity index (χ1v) is 8.05. The molecule has 0 saturated heterocycles. The minimum atomic E-state index is -0.946. The molecule has 0 aliphatic carbocycles. The number of hydrogen-bond donors (Lipinski definition) is 1. The van der Waals surface area contributed by atoms with E-state index < -0.39 is 5.97 Å². The molecular weight excluding hydrogens is 314 g/mol. The Hall–Kier alpha value is -3.27. The standard InChI is InChI=1S/C21H17NO3/c1-25-19-11-5-8-15-12-18(21(23)24)22(20(15)19)13-16-9-4-7-14-6-2-3-10-17(14)16/h2-12H,13H2,1H3,(H,23,24). The Kier molecular flexibility index (Phi) is 3.65. The van der Waals surface area contributed by atoms with Gasteiger partial charge < -0.3 is 14.4 Å². The van der Waals surface area contributed by atoms with Gasteiger partial charge in [0.25, 0.3) is 0 Å². The molecule has 1 N–H and O–H groups in total. The third-order valence-electron chi connectivity index (χ3n) is 4.53. The summed E-state index contributed by atoms with van der Waals surface area (Å²) in [5.41, 5.74) is 2.13. The summed E-state index contributed by atoms with van der Waals surface area (Å²) in [5, 5.41) is 12.8. The lowest BCUT2D eigenvalue weighted by molar-refractivity contribution is 0.0686. The zero-order valence-electron chi connectivity index (χ0n) is 13.8. The minimum absolute atomic E-state index is 0.257. The largest absolute Gasteiger partial charge is 0.495 e. The lowest BCUT2D eigenvalue weighted by Crippen LogP contribution is -2.10. The van der Waals surface area contributed by atoms with Gasteiger partial charge in [-0.3, -0.25) is 0 Å².